The molecule has 0 bridgehead atoms. The van der Waals surface area contributed by atoms with Gasteiger partial charge in [-0.3, -0.25) is 0 Å². The Morgan fingerprint density at radius 1 is 1.36 bits per heavy atom. The molecule has 2 N–H and O–H groups in total. The lowest BCUT2D eigenvalue weighted by Gasteiger charge is -2.18. The van der Waals surface area contributed by atoms with E-state index in [1.54, 1.807) is 0 Å². The number of carbonyl (C=O) groups is 1. The van der Waals surface area contributed by atoms with Gasteiger partial charge in [-0.15, -0.1) is 11.3 Å². The minimum atomic E-state index is -4.52. The molecule has 0 fully saturated rings. The Labute approximate surface area is 151 Å². The van der Waals surface area contributed by atoms with E-state index in [-0.39, 0.29) is 10.2 Å². The van der Waals surface area contributed by atoms with Crippen molar-refractivity contribution in [3.63, 3.8) is 0 Å². The molecule has 0 spiro atoms. The number of methoxy groups -OCH3 is 1. The minimum absolute atomic E-state index is 0.0191. The molecule has 1 aromatic heterocycles. The van der Waals surface area contributed by atoms with E-state index in [9.17, 15) is 18.0 Å². The number of alkyl halides is 3. The molecule has 2 aromatic rings. The van der Waals surface area contributed by atoms with Crippen LogP contribution in [0, 0.1) is 0 Å². The van der Waals surface area contributed by atoms with Crippen LogP contribution in [-0.4, -0.2) is 29.2 Å². The molecular weight excluding hydrogens is 375 g/mol. The first-order valence-corrected chi connectivity index (χ1v) is 8.30. The summed E-state index contributed by atoms with van der Waals surface area (Å²) >= 11 is 5.82. The second-order valence-electron chi connectivity index (χ2n) is 4.90. The maximum atomic E-state index is 12.5. The van der Waals surface area contributed by atoms with Gasteiger partial charge < -0.3 is 15.4 Å². The number of nitrogens with one attached hydrogen (secondary N) is 2. The largest absolute Gasteiger partial charge is 0.467 e. The van der Waals surface area contributed by atoms with Gasteiger partial charge in [-0.1, -0.05) is 30.3 Å². The van der Waals surface area contributed by atoms with Gasteiger partial charge in [-0.05, 0) is 17.8 Å². The van der Waals surface area contributed by atoms with Crippen LogP contribution in [-0.2, 0) is 22.1 Å². The number of ether oxygens (including phenoxy) is 1. The van der Waals surface area contributed by atoms with Crippen LogP contribution in [0.25, 0.3) is 0 Å². The van der Waals surface area contributed by atoms with Crippen LogP contribution in [0.4, 0.5) is 18.3 Å². The standard InChI is InChI=1S/C15H14F3N3O2S2/c1-23-12(22)10(7-9-5-3-2-4-6-9)19-13(24)21-14-20-11(8-25-14)15(16,17)18/h2-6,8,10H,7H2,1H3,(H2,19,20,21,24). The van der Waals surface area contributed by atoms with Gasteiger partial charge in [0.2, 0.25) is 0 Å². The van der Waals surface area contributed by atoms with Crippen molar-refractivity contribution in [3.05, 3.63) is 47.0 Å². The Hall–Kier alpha value is -2.20. The summed E-state index contributed by atoms with van der Waals surface area (Å²) in [5, 5.41) is 6.14. The minimum Gasteiger partial charge on any atom is -0.467 e. The molecule has 25 heavy (non-hydrogen) atoms. The molecule has 1 unspecified atom stereocenters. The Bertz CT molecular complexity index is 735. The third kappa shape index (κ3) is 5.68. The molecule has 0 saturated heterocycles. The second kappa shape index (κ2) is 8.26. The van der Waals surface area contributed by atoms with E-state index in [4.69, 9.17) is 17.0 Å². The lowest BCUT2D eigenvalue weighted by Crippen LogP contribution is -2.44. The van der Waals surface area contributed by atoms with E-state index in [1.807, 2.05) is 30.3 Å². The van der Waals surface area contributed by atoms with Gasteiger partial charge in [0.05, 0.1) is 7.11 Å². The van der Waals surface area contributed by atoms with Crippen LogP contribution >= 0.6 is 23.6 Å². The molecule has 2 rings (SSSR count). The highest BCUT2D eigenvalue weighted by molar-refractivity contribution is 7.80. The molecule has 1 aromatic carbocycles. The van der Waals surface area contributed by atoms with Crippen LogP contribution in [0.5, 0.6) is 0 Å². The summed E-state index contributed by atoms with van der Waals surface area (Å²) in [5.74, 6) is -0.539. The normalized spacial score (nSPS) is 12.3. The Balaban J connectivity index is 2.01. The van der Waals surface area contributed by atoms with E-state index >= 15 is 0 Å². The molecule has 0 aliphatic carbocycles. The summed E-state index contributed by atoms with van der Waals surface area (Å²) in [6.45, 7) is 0. The monoisotopic (exact) mass is 389 g/mol. The summed E-state index contributed by atoms with van der Waals surface area (Å²) in [5.41, 5.74) is -0.126. The number of benzene rings is 1. The van der Waals surface area contributed by atoms with E-state index < -0.39 is 23.9 Å². The Morgan fingerprint density at radius 3 is 2.60 bits per heavy atom. The highest BCUT2D eigenvalue weighted by Crippen LogP contribution is 2.31. The van der Waals surface area contributed by atoms with Crippen LogP contribution in [0.1, 0.15) is 11.3 Å². The van der Waals surface area contributed by atoms with E-state index in [0.29, 0.717) is 6.42 Å². The summed E-state index contributed by atoms with van der Waals surface area (Å²) < 4.78 is 42.4. The molecule has 10 heteroatoms. The van der Waals surface area contributed by atoms with Crippen molar-refractivity contribution in [1.82, 2.24) is 10.3 Å². The number of rotatable bonds is 5. The zero-order chi connectivity index (χ0) is 18.4. The second-order valence-corrected chi connectivity index (χ2v) is 6.17. The number of anilines is 1. The van der Waals surface area contributed by atoms with E-state index in [1.165, 1.54) is 7.11 Å². The van der Waals surface area contributed by atoms with Crippen LogP contribution in [0.3, 0.4) is 0 Å². The van der Waals surface area contributed by atoms with E-state index in [2.05, 4.69) is 15.6 Å². The summed E-state index contributed by atoms with van der Waals surface area (Å²) in [6.07, 6.45) is -4.21. The molecule has 0 radical (unpaired) electrons. The number of nitrogens with zero attached hydrogens (tertiary/aromatic N) is 1. The fourth-order valence-electron chi connectivity index (χ4n) is 1.94. The number of hydrogen-bond acceptors (Lipinski definition) is 5. The van der Waals surface area contributed by atoms with Gasteiger partial charge in [0.15, 0.2) is 15.9 Å². The zero-order valence-corrected chi connectivity index (χ0v) is 14.6. The number of thiocarbonyl (C=S) groups is 1. The van der Waals surface area contributed by atoms with Crippen molar-refractivity contribution >= 4 is 39.8 Å². The quantitative estimate of drug-likeness (QED) is 0.605. The maximum absolute atomic E-state index is 12.5. The highest BCUT2D eigenvalue weighted by atomic mass is 32.1. The Kier molecular flexibility index (Phi) is 6.32. The average molecular weight is 389 g/mol. The van der Waals surface area contributed by atoms with Gasteiger partial charge >= 0.3 is 12.1 Å². The first-order valence-electron chi connectivity index (χ1n) is 7.01. The number of carbonyl (C=O) groups excluding carboxylic acids is 1. The fraction of sp³-hybridized carbons (Fsp3) is 0.267. The van der Waals surface area contributed by atoms with Gasteiger partial charge in [0, 0.05) is 11.8 Å². The topological polar surface area (TPSA) is 63.2 Å². The molecule has 0 amide bonds. The fourth-order valence-corrected chi connectivity index (χ4v) is 2.96. The first kappa shape index (κ1) is 19.1. The smallest absolute Gasteiger partial charge is 0.434 e. The lowest BCUT2D eigenvalue weighted by molar-refractivity contribution is -0.142. The first-order chi connectivity index (χ1) is 11.8. The van der Waals surface area contributed by atoms with Crippen molar-refractivity contribution in [2.24, 2.45) is 0 Å². The molecule has 0 aliphatic heterocycles. The SMILES string of the molecule is COC(=O)C(Cc1ccccc1)NC(=S)Nc1nc(C(F)(F)F)cs1. The van der Waals surface area contributed by atoms with Crippen molar-refractivity contribution in [3.8, 4) is 0 Å². The number of thiazole rings is 1. The summed E-state index contributed by atoms with van der Waals surface area (Å²) in [7, 11) is 1.24. The van der Waals surface area contributed by atoms with Crippen molar-refractivity contribution < 1.29 is 22.7 Å². The third-order valence-electron chi connectivity index (χ3n) is 3.09. The number of hydrogen-bond donors (Lipinski definition) is 2. The van der Waals surface area contributed by atoms with Crippen molar-refractivity contribution in [2.75, 3.05) is 12.4 Å². The predicted molar refractivity (Wildman–Crippen MR) is 92.4 cm³/mol. The maximum Gasteiger partial charge on any atom is 0.434 e. The van der Waals surface area contributed by atoms with Crippen LogP contribution in [0.2, 0.25) is 0 Å². The third-order valence-corrected chi connectivity index (χ3v) is 4.07. The lowest BCUT2D eigenvalue weighted by atomic mass is 10.1. The number of esters is 1. The highest BCUT2D eigenvalue weighted by Gasteiger charge is 2.33. The zero-order valence-electron chi connectivity index (χ0n) is 13.0. The number of halogens is 3. The van der Waals surface area contributed by atoms with Gasteiger partial charge in [0.25, 0.3) is 0 Å². The van der Waals surface area contributed by atoms with E-state index in [0.717, 1.165) is 22.3 Å². The molecule has 134 valence electrons. The average Bonchev–Trinajstić information content (AvgIpc) is 3.03. The number of aromatic nitrogens is 1. The molecule has 5 nitrogen and oxygen atoms in total. The molecule has 0 aliphatic rings. The van der Waals surface area contributed by atoms with Crippen molar-refractivity contribution in [2.45, 2.75) is 18.6 Å². The summed E-state index contributed by atoms with van der Waals surface area (Å²) in [6, 6.07) is 8.39. The molecule has 1 atom stereocenters. The summed E-state index contributed by atoms with van der Waals surface area (Å²) in [4.78, 5) is 15.3. The van der Waals surface area contributed by atoms with Gasteiger partial charge in [-0.25, -0.2) is 9.78 Å². The molecular formula is C15H14F3N3O2S2. The predicted octanol–water partition coefficient (Wildman–Crippen LogP) is 3.23. The van der Waals surface area contributed by atoms with Crippen LogP contribution < -0.4 is 10.6 Å². The molecule has 0 saturated carbocycles. The van der Waals surface area contributed by atoms with Gasteiger partial charge in [-0.2, -0.15) is 13.2 Å². The Morgan fingerprint density at radius 2 is 2.04 bits per heavy atom. The molecule has 1 heterocycles. The van der Waals surface area contributed by atoms with Crippen LogP contribution in [0.15, 0.2) is 35.7 Å². The van der Waals surface area contributed by atoms with Crippen molar-refractivity contribution in [1.29, 1.82) is 0 Å². The van der Waals surface area contributed by atoms with Gasteiger partial charge in [0.1, 0.15) is 6.04 Å².